The third-order valence-electron chi connectivity index (χ3n) is 9.00. The van der Waals surface area contributed by atoms with Crippen molar-refractivity contribution in [2.75, 3.05) is 0 Å². The van der Waals surface area contributed by atoms with Crippen molar-refractivity contribution in [2.24, 2.45) is 17.6 Å². The number of hydrogen-bond acceptors (Lipinski definition) is 6. The first-order valence-electron chi connectivity index (χ1n) is 15.0. The number of sulfonamides is 1. The second kappa shape index (κ2) is 11.7. The highest BCUT2D eigenvalue weighted by atomic mass is 32.2. The van der Waals surface area contributed by atoms with E-state index in [1.165, 1.54) is 17.3 Å². The number of carbonyl (C=O) groups excluding carboxylic acids is 1. The van der Waals surface area contributed by atoms with Gasteiger partial charge in [0.15, 0.2) is 5.03 Å². The molecule has 6 rings (SSSR count). The lowest BCUT2D eigenvalue weighted by atomic mass is 9.79. The van der Waals surface area contributed by atoms with E-state index in [1.807, 2.05) is 60.7 Å². The number of primary sulfonamides is 1. The van der Waals surface area contributed by atoms with Crippen LogP contribution in [-0.4, -0.2) is 34.6 Å². The highest BCUT2D eigenvalue weighted by molar-refractivity contribution is 7.89. The monoisotopic (exact) mass is 611 g/mol. The van der Waals surface area contributed by atoms with Crippen molar-refractivity contribution in [3.8, 4) is 11.4 Å². The Morgan fingerprint density at radius 3 is 1.93 bits per heavy atom. The lowest BCUT2D eigenvalue weighted by Crippen LogP contribution is -2.43. The van der Waals surface area contributed by atoms with Gasteiger partial charge in [0.25, 0.3) is 10.0 Å². The number of esters is 1. The number of imidazole rings is 1. The van der Waals surface area contributed by atoms with Gasteiger partial charge in [-0.05, 0) is 61.6 Å². The van der Waals surface area contributed by atoms with Crippen LogP contribution >= 0.6 is 0 Å². The fraction of sp³-hybridized carbons (Fsp3) is 0.314. The van der Waals surface area contributed by atoms with Gasteiger partial charge >= 0.3 is 5.97 Å². The molecule has 0 atom stereocenters. The van der Waals surface area contributed by atoms with Crippen LogP contribution in [0, 0.1) is 5.41 Å². The molecular weight excluding hydrogens is 574 g/mol. The van der Waals surface area contributed by atoms with Crippen LogP contribution in [0.3, 0.4) is 0 Å². The van der Waals surface area contributed by atoms with Crippen LogP contribution < -0.4 is 5.14 Å². The van der Waals surface area contributed by atoms with E-state index in [9.17, 15) is 18.3 Å². The summed E-state index contributed by atoms with van der Waals surface area (Å²) in [6.07, 6.45) is 6.62. The molecule has 228 valence electrons. The van der Waals surface area contributed by atoms with E-state index in [0.717, 1.165) is 36.8 Å². The molecule has 1 aromatic heterocycles. The molecule has 2 aliphatic rings. The summed E-state index contributed by atoms with van der Waals surface area (Å²) in [5, 5.41) is 16.6. The van der Waals surface area contributed by atoms with Crippen molar-refractivity contribution in [1.82, 2.24) is 9.55 Å². The Morgan fingerprint density at radius 2 is 1.45 bits per heavy atom. The lowest BCUT2D eigenvalue weighted by Gasteiger charge is -2.39. The van der Waals surface area contributed by atoms with Crippen LogP contribution in [0.25, 0.3) is 11.4 Å². The van der Waals surface area contributed by atoms with Gasteiger partial charge in [-0.1, -0.05) is 84.9 Å². The molecule has 44 heavy (non-hydrogen) atoms. The topological polar surface area (TPSA) is 125 Å². The number of aryl methyl sites for hydroxylation is 3. The molecule has 1 aliphatic heterocycles. The number of ether oxygens (including phenoxy) is 1. The second-order valence-corrected chi connectivity index (χ2v) is 13.8. The van der Waals surface area contributed by atoms with Crippen LogP contribution in [0.2, 0.25) is 0 Å². The predicted molar refractivity (Wildman–Crippen MR) is 168 cm³/mol. The van der Waals surface area contributed by atoms with Gasteiger partial charge in [0.05, 0.1) is 5.57 Å². The van der Waals surface area contributed by atoms with E-state index in [0.29, 0.717) is 37.1 Å². The highest BCUT2D eigenvalue weighted by Gasteiger charge is 2.54. The van der Waals surface area contributed by atoms with E-state index >= 15 is 0 Å². The maximum absolute atomic E-state index is 13.8. The number of aromatic nitrogens is 2. The van der Waals surface area contributed by atoms with Crippen molar-refractivity contribution < 1.29 is 23.1 Å². The maximum Gasteiger partial charge on any atom is 0.338 e. The molecule has 0 radical (unpaired) electrons. The number of carbonyl (C=O) groups is 1. The average Bonchev–Trinajstić information content (AvgIpc) is 3.65. The Labute approximate surface area is 258 Å². The van der Waals surface area contributed by atoms with E-state index < -0.39 is 27.0 Å². The molecule has 1 fully saturated rings. The van der Waals surface area contributed by atoms with Gasteiger partial charge < -0.3 is 14.4 Å². The molecule has 0 saturated heterocycles. The van der Waals surface area contributed by atoms with Crippen molar-refractivity contribution in [1.29, 1.82) is 0 Å². The normalized spacial score (nSPS) is 17.4. The molecule has 0 bridgehead atoms. The molecule has 4 aromatic rings. The first-order chi connectivity index (χ1) is 21.1. The van der Waals surface area contributed by atoms with E-state index in [2.05, 4.69) is 29.2 Å². The zero-order valence-electron chi connectivity index (χ0n) is 24.8. The van der Waals surface area contributed by atoms with E-state index in [-0.39, 0.29) is 10.8 Å². The Hall–Kier alpha value is -4.21. The molecule has 0 unspecified atom stereocenters. The molecule has 3 N–H and O–H groups in total. The summed E-state index contributed by atoms with van der Waals surface area (Å²) >= 11 is 0. The number of rotatable bonds is 11. The Morgan fingerprint density at radius 1 is 0.886 bits per heavy atom. The summed E-state index contributed by atoms with van der Waals surface area (Å²) < 4.78 is 31.4. The average molecular weight is 612 g/mol. The third kappa shape index (κ3) is 6.34. The number of nitrogens with two attached hydrogens (primary N) is 1. The molecule has 1 aliphatic carbocycles. The van der Waals surface area contributed by atoms with Gasteiger partial charge in [0.2, 0.25) is 0 Å². The first-order valence-corrected chi connectivity index (χ1v) is 16.5. The SMILES string of the molecule is Cn1cc(S(N)(=O)=O)nc1-c1ccc(CC2(C3=C(O)CC(CCc4ccccc4)(CCc4ccccc4)OC3=O)CC2)cc1. The number of aliphatic hydroxyl groups is 1. The standard InChI is InChI=1S/C35H37N3O5S/c1-38-24-30(44(36,41)42)37-32(38)28-14-12-27(13-15-28)22-34(20-21-34)31-29(39)23-35(43-33(31)40,18-16-25-8-4-2-5-9-25)19-17-26-10-6-3-7-11-26/h2-15,24,39H,16-23H2,1H3,(H2,36,41,42). The molecule has 3 aromatic carbocycles. The minimum Gasteiger partial charge on any atom is -0.512 e. The third-order valence-corrected chi connectivity index (χ3v) is 9.78. The first kappa shape index (κ1) is 29.8. The van der Waals surface area contributed by atoms with Crippen LogP contribution in [0.4, 0.5) is 0 Å². The zero-order valence-corrected chi connectivity index (χ0v) is 25.6. The van der Waals surface area contributed by atoms with Crippen LogP contribution in [0.1, 0.15) is 48.8 Å². The minimum atomic E-state index is -3.91. The summed E-state index contributed by atoms with van der Waals surface area (Å²) in [7, 11) is -2.19. The van der Waals surface area contributed by atoms with Crippen molar-refractivity contribution in [3.05, 3.63) is 119 Å². The van der Waals surface area contributed by atoms with Gasteiger partial charge in [0, 0.05) is 30.6 Å². The van der Waals surface area contributed by atoms with Gasteiger partial charge in [-0.25, -0.2) is 23.3 Å². The van der Waals surface area contributed by atoms with Crippen molar-refractivity contribution >= 4 is 16.0 Å². The predicted octanol–water partition coefficient (Wildman–Crippen LogP) is 5.82. The fourth-order valence-corrected chi connectivity index (χ4v) is 6.95. The van der Waals surface area contributed by atoms with Crippen LogP contribution in [-0.2, 0) is 45.9 Å². The van der Waals surface area contributed by atoms with Crippen molar-refractivity contribution in [3.63, 3.8) is 0 Å². The van der Waals surface area contributed by atoms with Gasteiger partial charge in [-0.2, -0.15) is 0 Å². The highest BCUT2D eigenvalue weighted by Crippen LogP contribution is 2.57. The number of benzene rings is 3. The second-order valence-electron chi connectivity index (χ2n) is 12.3. The smallest absolute Gasteiger partial charge is 0.338 e. The van der Waals surface area contributed by atoms with Gasteiger partial charge in [-0.15, -0.1) is 0 Å². The molecular formula is C35H37N3O5S. The Kier molecular flexibility index (Phi) is 7.94. The van der Waals surface area contributed by atoms with Gasteiger partial charge in [0.1, 0.15) is 17.2 Å². The number of aliphatic hydroxyl groups excluding tert-OH is 1. The van der Waals surface area contributed by atoms with E-state index in [4.69, 9.17) is 9.88 Å². The number of nitrogens with zero attached hydrogens (tertiary/aromatic N) is 2. The summed E-state index contributed by atoms with van der Waals surface area (Å²) in [4.78, 5) is 18.0. The van der Waals surface area contributed by atoms with Gasteiger partial charge in [-0.3, -0.25) is 0 Å². The Balaban J connectivity index is 1.22. The molecule has 9 heteroatoms. The summed E-state index contributed by atoms with van der Waals surface area (Å²) in [6, 6.07) is 28.0. The van der Waals surface area contributed by atoms with Crippen LogP contribution in [0.15, 0.2) is 107 Å². The summed E-state index contributed by atoms with van der Waals surface area (Å²) in [6.45, 7) is 0. The molecule has 0 spiro atoms. The maximum atomic E-state index is 13.8. The number of hydrogen-bond donors (Lipinski definition) is 2. The van der Waals surface area contributed by atoms with E-state index in [1.54, 1.807) is 11.6 Å². The Bertz CT molecular complexity index is 1750. The fourth-order valence-electron chi connectivity index (χ4n) is 6.43. The summed E-state index contributed by atoms with van der Waals surface area (Å²) in [5.41, 5.74) is 3.26. The molecule has 1 saturated carbocycles. The molecule has 8 nitrogen and oxygen atoms in total. The number of cyclic esters (lactones) is 1. The largest absolute Gasteiger partial charge is 0.512 e. The minimum absolute atomic E-state index is 0.153. The van der Waals surface area contributed by atoms with Crippen LogP contribution in [0.5, 0.6) is 0 Å². The molecule has 0 amide bonds. The molecule has 2 heterocycles. The quantitative estimate of drug-likeness (QED) is 0.206. The summed E-state index contributed by atoms with van der Waals surface area (Å²) in [5.74, 6) is 0.229. The lowest BCUT2D eigenvalue weighted by molar-refractivity contribution is -0.161. The zero-order chi connectivity index (χ0) is 31.0. The van der Waals surface area contributed by atoms with Crippen molar-refractivity contribution in [2.45, 2.75) is 62.0 Å².